The monoisotopic (exact) mass is 621 g/mol. The average molecular weight is 622 g/mol. The van der Waals surface area contributed by atoms with Crippen molar-refractivity contribution in [1.29, 1.82) is 0 Å². The number of anilines is 1. The molecule has 1 aliphatic rings. The summed E-state index contributed by atoms with van der Waals surface area (Å²) in [4.78, 5) is 22.6. The molecule has 1 saturated heterocycles. The largest absolute Gasteiger partial charge is 0.351 e. The summed E-state index contributed by atoms with van der Waals surface area (Å²) in [6.07, 6.45) is 4.53. The first-order valence-electron chi connectivity index (χ1n) is 14.6. The molecule has 0 saturated carbocycles. The lowest BCUT2D eigenvalue weighted by Gasteiger charge is -2.34. The quantitative estimate of drug-likeness (QED) is 0.259. The molecular weight excluding hydrogens is 578 g/mol. The van der Waals surface area contributed by atoms with E-state index in [4.69, 9.17) is 4.98 Å². The Bertz CT molecular complexity index is 1350. The molecule has 1 fully saturated rings. The van der Waals surface area contributed by atoms with E-state index in [0.29, 0.717) is 25.2 Å². The molecule has 8 nitrogen and oxygen atoms in total. The second-order valence-electron chi connectivity index (χ2n) is 10.3. The molecule has 1 aromatic heterocycles. The van der Waals surface area contributed by atoms with Gasteiger partial charge in [0.2, 0.25) is 10.0 Å². The summed E-state index contributed by atoms with van der Waals surface area (Å²) < 4.78 is 29.2. The van der Waals surface area contributed by atoms with Gasteiger partial charge in [-0.1, -0.05) is 57.1 Å². The molecule has 0 unspecified atom stereocenters. The van der Waals surface area contributed by atoms with Gasteiger partial charge in [0.1, 0.15) is 0 Å². The lowest BCUT2D eigenvalue weighted by Crippen LogP contribution is -2.48. The lowest BCUT2D eigenvalue weighted by atomic mass is 10.1. The van der Waals surface area contributed by atoms with Gasteiger partial charge in [0.25, 0.3) is 5.91 Å². The smallest absolute Gasteiger partial charge is 0.251 e. The van der Waals surface area contributed by atoms with E-state index in [-0.39, 0.29) is 23.2 Å². The third-order valence-electron chi connectivity index (χ3n) is 7.50. The summed E-state index contributed by atoms with van der Waals surface area (Å²) in [6.45, 7) is 12.3. The van der Waals surface area contributed by atoms with Crippen LogP contribution < -0.4 is 10.2 Å². The Morgan fingerprint density at radius 3 is 2.24 bits per heavy atom. The number of para-hydroxylation sites is 1. The van der Waals surface area contributed by atoms with E-state index in [9.17, 15) is 13.2 Å². The molecule has 0 atom stereocenters. The normalized spacial score (nSPS) is 14.4. The summed E-state index contributed by atoms with van der Waals surface area (Å²) in [5.41, 5.74) is 2.90. The number of benzene rings is 2. The predicted molar refractivity (Wildman–Crippen MR) is 172 cm³/mol. The third kappa shape index (κ3) is 8.41. The standard InChI is InChI=1S/C30H43N5O3S2.ClH/c1-4-7-17-35(18-8-5-2)40(37,38)26-14-12-25(13-15-26)29(36)31-16-19-33-20-22-34(23-21-33)30-32-28-24(6-3)10-9-11-27(28)39-30;/h9-15H,4-8,16-23H2,1-3H3,(H,31,36);1H. The summed E-state index contributed by atoms with van der Waals surface area (Å²) in [5, 5.41) is 4.08. The number of hydrogen-bond acceptors (Lipinski definition) is 7. The lowest BCUT2D eigenvalue weighted by molar-refractivity contribution is 0.0947. The highest BCUT2D eigenvalue weighted by molar-refractivity contribution is 7.89. The Hall–Kier alpha value is -2.24. The maximum absolute atomic E-state index is 13.2. The number of sulfonamides is 1. The fourth-order valence-corrected chi connectivity index (χ4v) is 7.54. The zero-order valence-electron chi connectivity index (χ0n) is 24.5. The van der Waals surface area contributed by atoms with Crippen molar-refractivity contribution in [3.05, 3.63) is 53.6 Å². The topological polar surface area (TPSA) is 85.8 Å². The van der Waals surface area contributed by atoms with E-state index in [0.717, 1.165) is 75.5 Å². The van der Waals surface area contributed by atoms with Gasteiger partial charge in [0.15, 0.2) is 5.13 Å². The van der Waals surface area contributed by atoms with Crippen molar-refractivity contribution in [3.63, 3.8) is 0 Å². The van der Waals surface area contributed by atoms with Crippen LogP contribution in [0.1, 0.15) is 62.4 Å². The average Bonchev–Trinajstić information content (AvgIpc) is 3.42. The number of aromatic nitrogens is 1. The van der Waals surface area contributed by atoms with Gasteiger partial charge >= 0.3 is 0 Å². The molecule has 3 aromatic rings. The van der Waals surface area contributed by atoms with Crippen LogP contribution in [0.2, 0.25) is 0 Å². The Labute approximate surface area is 255 Å². The molecule has 0 bridgehead atoms. The van der Waals surface area contributed by atoms with Crippen LogP contribution in [0.25, 0.3) is 10.2 Å². The number of fused-ring (bicyclic) bond motifs is 1. The second kappa shape index (κ2) is 15.8. The van der Waals surface area contributed by atoms with Gasteiger partial charge in [0.05, 0.1) is 15.1 Å². The summed E-state index contributed by atoms with van der Waals surface area (Å²) in [5.74, 6) is -0.183. The Morgan fingerprint density at radius 1 is 0.976 bits per heavy atom. The Morgan fingerprint density at radius 2 is 1.63 bits per heavy atom. The summed E-state index contributed by atoms with van der Waals surface area (Å²) in [6, 6.07) is 12.8. The maximum atomic E-state index is 13.2. The molecule has 0 aliphatic carbocycles. The van der Waals surface area contributed by atoms with Crippen molar-refractivity contribution in [2.75, 3.05) is 57.3 Å². The number of halogens is 1. The van der Waals surface area contributed by atoms with Crippen LogP contribution in [0.4, 0.5) is 5.13 Å². The van der Waals surface area contributed by atoms with Crippen molar-refractivity contribution in [2.24, 2.45) is 0 Å². The van der Waals surface area contributed by atoms with E-state index in [1.807, 2.05) is 0 Å². The van der Waals surface area contributed by atoms with Gasteiger partial charge in [-0.25, -0.2) is 13.4 Å². The van der Waals surface area contributed by atoms with Crippen molar-refractivity contribution in [3.8, 4) is 0 Å². The number of nitrogens with one attached hydrogen (secondary N) is 1. The van der Waals surface area contributed by atoms with Gasteiger partial charge < -0.3 is 10.2 Å². The number of rotatable bonds is 14. The molecular formula is C30H44ClN5O3S2. The van der Waals surface area contributed by atoms with Crippen molar-refractivity contribution >= 4 is 55.0 Å². The molecule has 4 rings (SSSR count). The summed E-state index contributed by atoms with van der Waals surface area (Å²) >= 11 is 1.76. The van der Waals surface area contributed by atoms with Crippen LogP contribution in [-0.4, -0.2) is 80.9 Å². The van der Waals surface area contributed by atoms with Crippen LogP contribution in [0, 0.1) is 0 Å². The minimum Gasteiger partial charge on any atom is -0.351 e. The molecule has 1 N–H and O–H groups in total. The molecule has 0 radical (unpaired) electrons. The van der Waals surface area contributed by atoms with Crippen molar-refractivity contribution in [2.45, 2.75) is 57.8 Å². The van der Waals surface area contributed by atoms with Gasteiger partial charge in [-0.3, -0.25) is 9.69 Å². The van der Waals surface area contributed by atoms with Crippen LogP contribution in [0.5, 0.6) is 0 Å². The van der Waals surface area contributed by atoms with Gasteiger partial charge in [-0.05, 0) is 55.2 Å². The molecule has 226 valence electrons. The number of piperazine rings is 1. The van der Waals surface area contributed by atoms with Crippen molar-refractivity contribution in [1.82, 2.24) is 19.5 Å². The number of aryl methyl sites for hydroxylation is 1. The number of nitrogens with zero attached hydrogens (tertiary/aromatic N) is 4. The van der Waals surface area contributed by atoms with Crippen molar-refractivity contribution < 1.29 is 13.2 Å². The van der Waals surface area contributed by atoms with E-state index < -0.39 is 10.0 Å². The number of hydrogen-bond donors (Lipinski definition) is 1. The molecule has 2 aromatic carbocycles. The zero-order valence-corrected chi connectivity index (χ0v) is 26.9. The SMILES string of the molecule is CCCCN(CCCC)S(=O)(=O)c1ccc(C(=O)NCCN2CCN(c3nc4c(CC)cccc4s3)CC2)cc1.Cl. The van der Waals surface area contributed by atoms with E-state index in [1.54, 1.807) is 39.9 Å². The summed E-state index contributed by atoms with van der Waals surface area (Å²) in [7, 11) is -3.57. The van der Waals surface area contributed by atoms with Gasteiger partial charge in [0, 0.05) is 57.9 Å². The first-order chi connectivity index (χ1) is 19.4. The maximum Gasteiger partial charge on any atom is 0.251 e. The van der Waals surface area contributed by atoms with Crippen LogP contribution in [0.15, 0.2) is 47.4 Å². The molecule has 11 heteroatoms. The minimum atomic E-state index is -3.57. The Balaban J connectivity index is 0.00000462. The zero-order chi connectivity index (χ0) is 28.5. The number of thiazole rings is 1. The fourth-order valence-electron chi connectivity index (χ4n) is 4.96. The third-order valence-corrected chi connectivity index (χ3v) is 10.5. The minimum absolute atomic E-state index is 0. The number of unbranched alkanes of at least 4 members (excludes halogenated alkanes) is 2. The van der Waals surface area contributed by atoms with Crippen LogP contribution in [0.3, 0.4) is 0 Å². The van der Waals surface area contributed by atoms with Gasteiger partial charge in [-0.15, -0.1) is 12.4 Å². The van der Waals surface area contributed by atoms with E-state index >= 15 is 0 Å². The second-order valence-corrected chi connectivity index (χ2v) is 13.3. The highest BCUT2D eigenvalue weighted by Crippen LogP contribution is 2.31. The molecule has 1 aliphatic heterocycles. The number of amides is 1. The van der Waals surface area contributed by atoms with E-state index in [2.05, 4.69) is 54.1 Å². The highest BCUT2D eigenvalue weighted by atomic mass is 35.5. The molecule has 2 heterocycles. The van der Waals surface area contributed by atoms with Crippen LogP contribution >= 0.6 is 23.7 Å². The first kappa shape index (κ1) is 33.3. The first-order valence-corrected chi connectivity index (χ1v) is 16.9. The molecule has 41 heavy (non-hydrogen) atoms. The predicted octanol–water partition coefficient (Wildman–Crippen LogP) is 5.42. The van der Waals surface area contributed by atoms with Gasteiger partial charge in [-0.2, -0.15) is 4.31 Å². The molecule has 0 spiro atoms. The fraction of sp³-hybridized carbons (Fsp3) is 0.533. The number of carbonyl (C=O) groups excluding carboxylic acids is 1. The van der Waals surface area contributed by atoms with Crippen LogP contribution in [-0.2, 0) is 16.4 Å². The number of carbonyl (C=O) groups is 1. The van der Waals surface area contributed by atoms with E-state index in [1.165, 1.54) is 10.3 Å². The molecule has 1 amide bonds. The Kier molecular flexibility index (Phi) is 12.8. The highest BCUT2D eigenvalue weighted by Gasteiger charge is 2.24.